The molecule has 0 saturated carbocycles. The van der Waals surface area contributed by atoms with E-state index in [9.17, 15) is 10.2 Å². The Morgan fingerprint density at radius 2 is 1.07 bits per heavy atom. The van der Waals surface area contributed by atoms with E-state index in [1.54, 1.807) is 0 Å². The minimum absolute atomic E-state index is 0.545. The summed E-state index contributed by atoms with van der Waals surface area (Å²) in [6.07, 6.45) is 6.21. The van der Waals surface area contributed by atoms with Crippen molar-refractivity contribution in [3.63, 3.8) is 0 Å². The molecule has 0 fully saturated rings. The summed E-state index contributed by atoms with van der Waals surface area (Å²) in [6.45, 7) is 7.96. The van der Waals surface area contributed by atoms with Gasteiger partial charge in [-0.1, -0.05) is 26.7 Å². The van der Waals surface area contributed by atoms with E-state index in [1.165, 1.54) is 0 Å². The van der Waals surface area contributed by atoms with Gasteiger partial charge in [0.2, 0.25) is 0 Å². The Labute approximate surface area is 94.7 Å². The van der Waals surface area contributed by atoms with Gasteiger partial charge in [-0.2, -0.15) is 0 Å². The van der Waals surface area contributed by atoms with Crippen LogP contribution in [0.2, 0.25) is 0 Å². The van der Waals surface area contributed by atoms with Crippen LogP contribution < -0.4 is 0 Å². The molecule has 0 spiro atoms. The number of hydrogen-bond acceptors (Lipinski definition) is 2. The minimum Gasteiger partial charge on any atom is -0.390 e. The van der Waals surface area contributed by atoms with Crippen LogP contribution >= 0.6 is 0 Å². The second-order valence-corrected chi connectivity index (χ2v) is 5.35. The summed E-state index contributed by atoms with van der Waals surface area (Å²) >= 11 is 0. The van der Waals surface area contributed by atoms with Gasteiger partial charge in [0.25, 0.3) is 0 Å². The smallest absolute Gasteiger partial charge is 0.0619 e. The van der Waals surface area contributed by atoms with Crippen molar-refractivity contribution in [1.82, 2.24) is 0 Å². The average molecular weight is 216 g/mol. The van der Waals surface area contributed by atoms with Crippen LogP contribution in [-0.2, 0) is 0 Å². The Morgan fingerprint density at radius 1 is 0.733 bits per heavy atom. The molecular weight excluding hydrogens is 188 g/mol. The molecule has 92 valence electrons. The van der Waals surface area contributed by atoms with Gasteiger partial charge in [0.05, 0.1) is 11.2 Å². The lowest BCUT2D eigenvalue weighted by Crippen LogP contribution is -2.27. The normalized spacial score (nSPS) is 19.6. The molecule has 0 heterocycles. The van der Waals surface area contributed by atoms with E-state index < -0.39 is 11.2 Å². The maximum Gasteiger partial charge on any atom is 0.0619 e. The van der Waals surface area contributed by atoms with Crippen molar-refractivity contribution in [3.05, 3.63) is 0 Å². The lowest BCUT2D eigenvalue weighted by molar-refractivity contribution is 0.0128. The van der Waals surface area contributed by atoms with Gasteiger partial charge in [-0.25, -0.2) is 0 Å². The summed E-state index contributed by atoms with van der Waals surface area (Å²) in [5.74, 6) is 0. The lowest BCUT2D eigenvalue weighted by Gasteiger charge is -2.26. The van der Waals surface area contributed by atoms with Crippen molar-refractivity contribution >= 4 is 0 Å². The van der Waals surface area contributed by atoms with E-state index in [0.29, 0.717) is 0 Å². The third-order valence-corrected chi connectivity index (χ3v) is 3.01. The van der Waals surface area contributed by atoms with Gasteiger partial charge in [0, 0.05) is 0 Å². The van der Waals surface area contributed by atoms with Gasteiger partial charge in [-0.05, 0) is 46.0 Å². The highest BCUT2D eigenvalue weighted by Crippen LogP contribution is 2.24. The van der Waals surface area contributed by atoms with Crippen molar-refractivity contribution in [2.75, 3.05) is 0 Å². The molecule has 0 aromatic rings. The fourth-order valence-corrected chi connectivity index (χ4v) is 2.18. The van der Waals surface area contributed by atoms with Gasteiger partial charge >= 0.3 is 0 Å². The summed E-state index contributed by atoms with van der Waals surface area (Å²) in [6, 6.07) is 0. The van der Waals surface area contributed by atoms with E-state index >= 15 is 0 Å². The fourth-order valence-electron chi connectivity index (χ4n) is 2.18. The maximum atomic E-state index is 9.96. The van der Waals surface area contributed by atoms with Gasteiger partial charge in [0.15, 0.2) is 0 Å². The maximum absolute atomic E-state index is 9.96. The SMILES string of the molecule is CCCC(C)(O)CCCC(C)(O)CCC. The predicted octanol–water partition coefficient (Wildman–Crippen LogP) is 3.26. The van der Waals surface area contributed by atoms with Gasteiger partial charge in [-0.3, -0.25) is 0 Å². The highest BCUT2D eigenvalue weighted by atomic mass is 16.3. The Morgan fingerprint density at radius 3 is 1.33 bits per heavy atom. The molecule has 0 aliphatic rings. The van der Waals surface area contributed by atoms with Crippen molar-refractivity contribution in [3.8, 4) is 0 Å². The van der Waals surface area contributed by atoms with E-state index in [1.807, 2.05) is 13.8 Å². The van der Waals surface area contributed by atoms with Crippen molar-refractivity contribution in [1.29, 1.82) is 0 Å². The zero-order chi connectivity index (χ0) is 11.9. The molecule has 2 nitrogen and oxygen atoms in total. The first-order valence-corrected chi connectivity index (χ1v) is 6.28. The third-order valence-electron chi connectivity index (χ3n) is 3.01. The van der Waals surface area contributed by atoms with Crippen LogP contribution in [0, 0.1) is 0 Å². The Balaban J connectivity index is 3.77. The van der Waals surface area contributed by atoms with Gasteiger partial charge < -0.3 is 10.2 Å². The Hall–Kier alpha value is -0.0800. The predicted molar refractivity (Wildman–Crippen MR) is 64.9 cm³/mol. The first-order chi connectivity index (χ1) is 6.83. The molecule has 2 N–H and O–H groups in total. The zero-order valence-corrected chi connectivity index (χ0v) is 10.8. The molecule has 15 heavy (non-hydrogen) atoms. The number of rotatable bonds is 8. The number of hydrogen-bond donors (Lipinski definition) is 2. The van der Waals surface area contributed by atoms with E-state index in [2.05, 4.69) is 13.8 Å². The van der Waals surface area contributed by atoms with Crippen LogP contribution in [0.25, 0.3) is 0 Å². The van der Waals surface area contributed by atoms with Crippen LogP contribution in [0.5, 0.6) is 0 Å². The first kappa shape index (κ1) is 14.9. The second-order valence-electron chi connectivity index (χ2n) is 5.35. The molecule has 0 aliphatic heterocycles. The summed E-state index contributed by atoms with van der Waals surface area (Å²) in [5, 5.41) is 19.9. The van der Waals surface area contributed by atoms with E-state index in [4.69, 9.17) is 0 Å². The quantitative estimate of drug-likeness (QED) is 0.654. The Bertz CT molecular complexity index is 144. The van der Waals surface area contributed by atoms with Crippen LogP contribution in [0.3, 0.4) is 0 Å². The molecule has 0 rings (SSSR count). The molecule has 0 aromatic heterocycles. The zero-order valence-electron chi connectivity index (χ0n) is 10.8. The van der Waals surface area contributed by atoms with Gasteiger partial charge in [-0.15, -0.1) is 0 Å². The van der Waals surface area contributed by atoms with Crippen molar-refractivity contribution in [2.45, 2.75) is 83.8 Å². The monoisotopic (exact) mass is 216 g/mol. The molecule has 0 amide bonds. The highest BCUT2D eigenvalue weighted by molar-refractivity contribution is 4.76. The molecule has 0 bridgehead atoms. The minimum atomic E-state index is -0.545. The summed E-state index contributed by atoms with van der Waals surface area (Å²) in [4.78, 5) is 0. The summed E-state index contributed by atoms with van der Waals surface area (Å²) in [7, 11) is 0. The molecule has 2 unspecified atom stereocenters. The van der Waals surface area contributed by atoms with Crippen molar-refractivity contribution in [2.24, 2.45) is 0 Å². The van der Waals surface area contributed by atoms with E-state index in [0.717, 1.165) is 44.9 Å². The first-order valence-electron chi connectivity index (χ1n) is 6.28. The molecule has 0 aliphatic carbocycles. The third kappa shape index (κ3) is 7.80. The molecule has 0 saturated heterocycles. The lowest BCUT2D eigenvalue weighted by atomic mass is 9.88. The van der Waals surface area contributed by atoms with Crippen LogP contribution in [0.15, 0.2) is 0 Å². The second kappa shape index (κ2) is 6.49. The molecular formula is C13H28O2. The fraction of sp³-hybridized carbons (Fsp3) is 1.00. The summed E-state index contributed by atoms with van der Waals surface area (Å²) in [5.41, 5.74) is -1.09. The van der Waals surface area contributed by atoms with Crippen molar-refractivity contribution < 1.29 is 10.2 Å². The average Bonchev–Trinajstić information content (AvgIpc) is 2.02. The standard InChI is InChI=1S/C13H28O2/c1-5-8-12(3,14)10-7-11-13(4,15)9-6-2/h14-15H,5-11H2,1-4H3. The van der Waals surface area contributed by atoms with Crippen LogP contribution in [-0.4, -0.2) is 21.4 Å². The van der Waals surface area contributed by atoms with Gasteiger partial charge in [0.1, 0.15) is 0 Å². The molecule has 0 aromatic carbocycles. The molecule has 2 heteroatoms. The van der Waals surface area contributed by atoms with Crippen LogP contribution in [0.1, 0.15) is 72.6 Å². The topological polar surface area (TPSA) is 40.5 Å². The largest absolute Gasteiger partial charge is 0.390 e. The number of aliphatic hydroxyl groups is 2. The summed E-state index contributed by atoms with van der Waals surface area (Å²) < 4.78 is 0. The molecule has 2 atom stereocenters. The highest BCUT2D eigenvalue weighted by Gasteiger charge is 2.23. The molecule has 0 radical (unpaired) electrons. The van der Waals surface area contributed by atoms with Crippen LogP contribution in [0.4, 0.5) is 0 Å². The Kier molecular flexibility index (Phi) is 6.46. The van der Waals surface area contributed by atoms with E-state index in [-0.39, 0.29) is 0 Å².